The number of carboxylic acids is 1. The summed E-state index contributed by atoms with van der Waals surface area (Å²) in [6, 6.07) is -1.12. The Morgan fingerprint density at radius 3 is 2.58 bits per heavy atom. The second kappa shape index (κ2) is 6.16. The Morgan fingerprint density at radius 2 is 2.16 bits per heavy atom. The highest BCUT2D eigenvalue weighted by Gasteiger charge is 2.26. The number of nitrogens with zero attached hydrogens (tertiary/aromatic N) is 2. The molecular formula is C11H19N3O4S. The van der Waals surface area contributed by atoms with E-state index < -0.39 is 22.0 Å². The van der Waals surface area contributed by atoms with Gasteiger partial charge in [0, 0.05) is 12.7 Å². The first-order chi connectivity index (χ1) is 8.81. The number of nitrogens with one attached hydrogen (secondary N) is 1. The molecule has 0 aliphatic carbocycles. The highest BCUT2D eigenvalue weighted by Crippen LogP contribution is 2.11. The molecule has 19 heavy (non-hydrogen) atoms. The lowest BCUT2D eigenvalue weighted by molar-refractivity contribution is -0.139. The van der Waals surface area contributed by atoms with Crippen LogP contribution >= 0.6 is 0 Å². The topological polar surface area (TPSA) is 101 Å². The number of hydrogen-bond donors (Lipinski definition) is 2. The minimum atomic E-state index is -3.90. The molecule has 7 nitrogen and oxygen atoms in total. The maximum atomic E-state index is 12.1. The number of sulfonamides is 1. The van der Waals surface area contributed by atoms with Gasteiger partial charge >= 0.3 is 5.97 Å². The molecule has 0 aliphatic rings. The van der Waals surface area contributed by atoms with Gasteiger partial charge in [-0.2, -0.15) is 4.72 Å². The van der Waals surface area contributed by atoms with Gasteiger partial charge in [0.15, 0.2) is 5.03 Å². The molecule has 108 valence electrons. The fourth-order valence-electron chi connectivity index (χ4n) is 1.70. The standard InChI is InChI=1S/C11H19N3O4S/c1-4-6-9(11(15)16)13-19(17,18)10-7-14(5-2)8(3)12-10/h7,9,13H,4-6H2,1-3H3,(H,15,16)/t9-/m1/s1. The van der Waals surface area contributed by atoms with Gasteiger partial charge in [-0.1, -0.05) is 13.3 Å². The number of carbonyl (C=O) groups is 1. The molecule has 0 saturated heterocycles. The normalized spacial score (nSPS) is 13.4. The average Bonchev–Trinajstić information content (AvgIpc) is 2.70. The zero-order valence-electron chi connectivity index (χ0n) is 11.3. The number of rotatable bonds is 7. The molecule has 1 atom stereocenters. The van der Waals surface area contributed by atoms with Gasteiger partial charge < -0.3 is 9.67 Å². The van der Waals surface area contributed by atoms with Crippen LogP contribution in [0.5, 0.6) is 0 Å². The van der Waals surface area contributed by atoms with E-state index in [9.17, 15) is 13.2 Å². The summed E-state index contributed by atoms with van der Waals surface area (Å²) in [7, 11) is -3.90. The van der Waals surface area contributed by atoms with Gasteiger partial charge in [-0.25, -0.2) is 13.4 Å². The zero-order chi connectivity index (χ0) is 14.6. The van der Waals surface area contributed by atoms with E-state index in [1.807, 2.05) is 6.92 Å². The van der Waals surface area contributed by atoms with E-state index in [1.165, 1.54) is 6.20 Å². The lowest BCUT2D eigenvalue weighted by atomic mass is 10.2. The van der Waals surface area contributed by atoms with Crippen molar-refractivity contribution in [3.05, 3.63) is 12.0 Å². The molecule has 0 aliphatic heterocycles. The Morgan fingerprint density at radius 1 is 1.53 bits per heavy atom. The van der Waals surface area contributed by atoms with E-state index >= 15 is 0 Å². The van der Waals surface area contributed by atoms with E-state index in [-0.39, 0.29) is 11.4 Å². The van der Waals surface area contributed by atoms with Crippen molar-refractivity contribution in [1.82, 2.24) is 14.3 Å². The molecule has 2 N–H and O–H groups in total. The van der Waals surface area contributed by atoms with Crippen molar-refractivity contribution in [2.75, 3.05) is 0 Å². The van der Waals surface area contributed by atoms with Crippen LogP contribution in [0, 0.1) is 6.92 Å². The van der Waals surface area contributed by atoms with Gasteiger partial charge in [-0.3, -0.25) is 4.79 Å². The molecule has 0 amide bonds. The quantitative estimate of drug-likeness (QED) is 0.771. The van der Waals surface area contributed by atoms with Crippen molar-refractivity contribution in [2.45, 2.75) is 51.2 Å². The largest absolute Gasteiger partial charge is 0.480 e. The minimum Gasteiger partial charge on any atom is -0.480 e. The highest BCUT2D eigenvalue weighted by atomic mass is 32.2. The minimum absolute atomic E-state index is 0.144. The number of hydrogen-bond acceptors (Lipinski definition) is 4. The Balaban J connectivity index is 2.99. The number of aliphatic carboxylic acids is 1. The third-order valence-corrected chi connectivity index (χ3v) is 4.08. The molecule has 0 radical (unpaired) electrons. The Kier molecular flexibility index (Phi) is 5.07. The van der Waals surface area contributed by atoms with Crippen molar-refractivity contribution in [2.24, 2.45) is 0 Å². The second-order valence-electron chi connectivity index (χ2n) is 4.21. The molecule has 1 aromatic heterocycles. The van der Waals surface area contributed by atoms with Crippen LogP contribution in [-0.4, -0.2) is 35.1 Å². The Labute approximate surface area is 112 Å². The van der Waals surface area contributed by atoms with Crippen LogP contribution in [0.3, 0.4) is 0 Å². The van der Waals surface area contributed by atoms with Crippen molar-refractivity contribution in [3.63, 3.8) is 0 Å². The van der Waals surface area contributed by atoms with E-state index in [0.29, 0.717) is 18.8 Å². The lowest BCUT2D eigenvalue weighted by Gasteiger charge is -2.12. The summed E-state index contributed by atoms with van der Waals surface area (Å²) in [5.74, 6) is -0.609. The molecule has 0 saturated carbocycles. The Hall–Kier alpha value is -1.41. The molecule has 1 aromatic rings. The van der Waals surface area contributed by atoms with Crippen LogP contribution in [0.1, 0.15) is 32.5 Å². The van der Waals surface area contributed by atoms with Crippen LogP contribution in [0.4, 0.5) is 0 Å². The predicted molar refractivity (Wildman–Crippen MR) is 69.3 cm³/mol. The van der Waals surface area contributed by atoms with Crippen LogP contribution in [0.2, 0.25) is 0 Å². The summed E-state index contributed by atoms with van der Waals surface area (Å²) < 4.78 is 28.0. The summed E-state index contributed by atoms with van der Waals surface area (Å²) in [6.45, 7) is 5.96. The monoisotopic (exact) mass is 289 g/mol. The molecule has 0 unspecified atom stereocenters. The summed E-state index contributed by atoms with van der Waals surface area (Å²) in [4.78, 5) is 14.9. The van der Waals surface area contributed by atoms with E-state index in [4.69, 9.17) is 5.11 Å². The molecular weight excluding hydrogens is 270 g/mol. The molecule has 8 heteroatoms. The predicted octanol–water partition coefficient (Wildman–Crippen LogP) is 0.743. The summed E-state index contributed by atoms with van der Waals surface area (Å²) in [5, 5.41) is 8.82. The maximum Gasteiger partial charge on any atom is 0.321 e. The fourth-order valence-corrected chi connectivity index (χ4v) is 2.93. The molecule has 0 bridgehead atoms. The molecule has 0 aromatic carbocycles. The number of imidazole rings is 1. The lowest BCUT2D eigenvalue weighted by Crippen LogP contribution is -2.40. The first-order valence-electron chi connectivity index (χ1n) is 6.10. The SMILES string of the molecule is CCC[C@@H](NS(=O)(=O)c1cn(CC)c(C)n1)C(=O)O. The van der Waals surface area contributed by atoms with Gasteiger partial charge in [-0.15, -0.1) is 0 Å². The van der Waals surface area contributed by atoms with Gasteiger partial charge in [0.1, 0.15) is 11.9 Å². The molecule has 0 spiro atoms. The summed E-state index contributed by atoms with van der Waals surface area (Å²) in [5.41, 5.74) is 0. The van der Waals surface area contributed by atoms with Crippen LogP contribution in [-0.2, 0) is 21.4 Å². The third-order valence-electron chi connectivity index (χ3n) is 2.74. The zero-order valence-corrected chi connectivity index (χ0v) is 12.1. The average molecular weight is 289 g/mol. The van der Waals surface area contributed by atoms with Gasteiger partial charge in [0.2, 0.25) is 0 Å². The summed E-state index contributed by atoms with van der Waals surface area (Å²) in [6.07, 6.45) is 2.21. The second-order valence-corrected chi connectivity index (χ2v) is 5.87. The number of aromatic nitrogens is 2. The van der Waals surface area contributed by atoms with Crippen molar-refractivity contribution < 1.29 is 18.3 Å². The highest BCUT2D eigenvalue weighted by molar-refractivity contribution is 7.89. The summed E-state index contributed by atoms with van der Waals surface area (Å²) >= 11 is 0. The molecule has 0 fully saturated rings. The van der Waals surface area contributed by atoms with Gasteiger partial charge in [0.05, 0.1) is 0 Å². The van der Waals surface area contributed by atoms with Crippen LogP contribution in [0.25, 0.3) is 0 Å². The van der Waals surface area contributed by atoms with Crippen molar-refractivity contribution >= 4 is 16.0 Å². The van der Waals surface area contributed by atoms with Gasteiger partial charge in [0.25, 0.3) is 10.0 Å². The molecule has 1 heterocycles. The smallest absolute Gasteiger partial charge is 0.321 e. The van der Waals surface area contributed by atoms with Crippen molar-refractivity contribution in [3.8, 4) is 0 Å². The number of carboxylic acid groups (broad SMARTS) is 1. The maximum absolute atomic E-state index is 12.1. The van der Waals surface area contributed by atoms with Crippen molar-refractivity contribution in [1.29, 1.82) is 0 Å². The Bertz CT molecular complexity index is 550. The first kappa shape index (κ1) is 15.6. The van der Waals surface area contributed by atoms with Gasteiger partial charge in [-0.05, 0) is 20.3 Å². The van der Waals surface area contributed by atoms with E-state index in [2.05, 4.69) is 9.71 Å². The fraction of sp³-hybridized carbons (Fsp3) is 0.636. The van der Waals surface area contributed by atoms with E-state index in [0.717, 1.165) is 0 Å². The molecule has 1 rings (SSSR count). The third kappa shape index (κ3) is 3.77. The van der Waals surface area contributed by atoms with E-state index in [1.54, 1.807) is 18.4 Å². The number of aryl methyl sites for hydroxylation is 2. The van der Waals surface area contributed by atoms with Crippen LogP contribution < -0.4 is 4.72 Å². The first-order valence-corrected chi connectivity index (χ1v) is 7.59. The van der Waals surface area contributed by atoms with Crippen LogP contribution in [0.15, 0.2) is 11.2 Å².